The standard InChI is InChI=1S/C25H36O4/c1-6-15(2)21(26)29-20-10-11-23(4)18(24(20,5)22(27)28)9-12-25-13-16(3)17(14-25)7-8-19(23)25/h6,17-20H,3,7-14H2,1-2,4-5H3,(H,27,28)/t17-,18+,19+,20-,23-,24+,25-/m1/s1. The van der Waals surface area contributed by atoms with Crippen molar-refractivity contribution in [3.8, 4) is 0 Å². The summed E-state index contributed by atoms with van der Waals surface area (Å²) < 4.78 is 5.83. The number of carboxylic acids is 1. The van der Waals surface area contributed by atoms with Crippen LogP contribution in [-0.2, 0) is 14.3 Å². The van der Waals surface area contributed by atoms with Gasteiger partial charge >= 0.3 is 11.9 Å². The maximum atomic E-state index is 12.7. The summed E-state index contributed by atoms with van der Waals surface area (Å²) in [6.07, 6.45) is 9.51. The zero-order valence-electron chi connectivity index (χ0n) is 18.4. The highest BCUT2D eigenvalue weighted by atomic mass is 16.5. The van der Waals surface area contributed by atoms with Gasteiger partial charge in [-0.3, -0.25) is 4.79 Å². The summed E-state index contributed by atoms with van der Waals surface area (Å²) in [6.45, 7) is 12.1. The molecule has 7 atom stereocenters. The molecule has 0 radical (unpaired) electrons. The lowest BCUT2D eigenvalue weighted by Crippen LogP contribution is -2.63. The maximum Gasteiger partial charge on any atom is 0.333 e. The van der Waals surface area contributed by atoms with Crippen molar-refractivity contribution in [2.24, 2.45) is 34.0 Å². The van der Waals surface area contributed by atoms with E-state index in [0.717, 1.165) is 25.7 Å². The van der Waals surface area contributed by atoms with E-state index in [9.17, 15) is 14.7 Å². The number of fused-ring (bicyclic) bond motifs is 3. The average Bonchev–Trinajstić information content (AvgIpc) is 2.91. The van der Waals surface area contributed by atoms with Crippen LogP contribution in [0.25, 0.3) is 0 Å². The van der Waals surface area contributed by atoms with Crippen LogP contribution < -0.4 is 0 Å². The predicted octanol–water partition coefficient (Wildman–Crippen LogP) is 5.53. The molecule has 4 nitrogen and oxygen atoms in total. The van der Waals surface area contributed by atoms with Crippen LogP contribution in [0.1, 0.15) is 79.1 Å². The van der Waals surface area contributed by atoms with Crippen molar-refractivity contribution in [1.29, 1.82) is 0 Å². The number of hydrogen-bond acceptors (Lipinski definition) is 3. The molecule has 29 heavy (non-hydrogen) atoms. The summed E-state index contributed by atoms with van der Waals surface area (Å²) in [6, 6.07) is 0. The number of hydrogen-bond donors (Lipinski definition) is 1. The number of carboxylic acid groups (broad SMARTS) is 1. The molecule has 0 aliphatic heterocycles. The summed E-state index contributed by atoms with van der Waals surface area (Å²) in [4.78, 5) is 25.1. The summed E-state index contributed by atoms with van der Waals surface area (Å²) in [5.74, 6) is 0.0690. The van der Waals surface area contributed by atoms with Crippen molar-refractivity contribution in [2.75, 3.05) is 0 Å². The van der Waals surface area contributed by atoms with Crippen molar-refractivity contribution >= 4 is 11.9 Å². The van der Waals surface area contributed by atoms with Gasteiger partial charge in [-0.15, -0.1) is 0 Å². The second-order valence-corrected chi connectivity index (χ2v) is 10.8. The minimum atomic E-state index is -1.04. The van der Waals surface area contributed by atoms with Gasteiger partial charge in [0.05, 0.1) is 0 Å². The van der Waals surface area contributed by atoms with Gasteiger partial charge in [0.25, 0.3) is 0 Å². The third-order valence-corrected chi connectivity index (χ3v) is 9.68. The summed E-state index contributed by atoms with van der Waals surface area (Å²) in [5, 5.41) is 10.4. The Labute approximate surface area is 174 Å². The van der Waals surface area contributed by atoms with Gasteiger partial charge in [0.15, 0.2) is 0 Å². The quantitative estimate of drug-likeness (QED) is 0.384. The van der Waals surface area contributed by atoms with E-state index in [2.05, 4.69) is 13.5 Å². The van der Waals surface area contributed by atoms with E-state index in [1.807, 2.05) is 6.92 Å². The fourth-order valence-electron chi connectivity index (χ4n) is 8.06. The Hall–Kier alpha value is -1.58. The molecule has 4 saturated carbocycles. The lowest BCUT2D eigenvalue weighted by molar-refractivity contribution is -0.211. The van der Waals surface area contributed by atoms with Gasteiger partial charge in [0, 0.05) is 5.57 Å². The first kappa shape index (κ1) is 20.7. The maximum absolute atomic E-state index is 12.7. The Morgan fingerprint density at radius 1 is 1.14 bits per heavy atom. The summed E-state index contributed by atoms with van der Waals surface area (Å²) in [7, 11) is 0. The van der Waals surface area contributed by atoms with Crippen LogP contribution in [0.4, 0.5) is 0 Å². The highest BCUT2D eigenvalue weighted by Gasteiger charge is 2.67. The van der Waals surface area contributed by atoms with Crippen LogP contribution in [0.3, 0.4) is 0 Å². The first-order valence-corrected chi connectivity index (χ1v) is 11.3. The average molecular weight is 401 g/mol. The third-order valence-electron chi connectivity index (χ3n) is 9.68. The largest absolute Gasteiger partial charge is 0.481 e. The summed E-state index contributed by atoms with van der Waals surface area (Å²) >= 11 is 0. The van der Waals surface area contributed by atoms with E-state index in [1.54, 1.807) is 19.9 Å². The minimum absolute atomic E-state index is 0.0144. The molecule has 0 aromatic rings. The Morgan fingerprint density at radius 3 is 2.52 bits per heavy atom. The zero-order valence-corrected chi connectivity index (χ0v) is 18.4. The molecule has 160 valence electrons. The lowest BCUT2D eigenvalue weighted by atomic mass is 9.40. The normalized spacial score (nSPS) is 46.6. The van der Waals surface area contributed by atoms with Crippen molar-refractivity contribution in [3.05, 3.63) is 23.8 Å². The van der Waals surface area contributed by atoms with Crippen molar-refractivity contribution in [2.45, 2.75) is 85.2 Å². The fourth-order valence-corrected chi connectivity index (χ4v) is 8.06. The number of ether oxygens (including phenoxy) is 1. The molecule has 0 saturated heterocycles. The third kappa shape index (κ3) is 2.77. The number of carbonyl (C=O) groups is 2. The van der Waals surface area contributed by atoms with E-state index >= 15 is 0 Å². The van der Waals surface area contributed by atoms with Gasteiger partial charge in [-0.1, -0.05) is 25.2 Å². The molecular weight excluding hydrogens is 364 g/mol. The van der Waals surface area contributed by atoms with Crippen LogP contribution in [0, 0.1) is 34.0 Å². The lowest BCUT2D eigenvalue weighted by Gasteiger charge is -2.64. The molecular formula is C25H36O4. The molecule has 4 fully saturated rings. The second kappa shape index (κ2) is 6.72. The molecule has 4 rings (SSSR count). The van der Waals surface area contributed by atoms with E-state index < -0.39 is 17.5 Å². The predicted molar refractivity (Wildman–Crippen MR) is 112 cm³/mol. The molecule has 2 bridgehead atoms. The van der Waals surface area contributed by atoms with Crippen LogP contribution >= 0.6 is 0 Å². The van der Waals surface area contributed by atoms with Crippen LogP contribution in [0.15, 0.2) is 23.8 Å². The number of esters is 1. The molecule has 0 amide bonds. The molecule has 4 heteroatoms. The number of rotatable bonds is 3. The van der Waals surface area contributed by atoms with Gasteiger partial charge in [0.1, 0.15) is 11.5 Å². The molecule has 0 unspecified atom stereocenters. The van der Waals surface area contributed by atoms with Gasteiger partial charge in [0.2, 0.25) is 0 Å². The molecule has 0 heterocycles. The van der Waals surface area contributed by atoms with Crippen molar-refractivity contribution < 1.29 is 19.4 Å². The van der Waals surface area contributed by atoms with Gasteiger partial charge < -0.3 is 9.84 Å². The molecule has 4 aliphatic carbocycles. The Morgan fingerprint density at radius 2 is 1.86 bits per heavy atom. The van der Waals surface area contributed by atoms with E-state index in [-0.39, 0.29) is 17.3 Å². The van der Waals surface area contributed by atoms with E-state index in [1.165, 1.54) is 24.8 Å². The molecule has 0 aromatic carbocycles. The van der Waals surface area contributed by atoms with Crippen molar-refractivity contribution in [3.63, 3.8) is 0 Å². The highest BCUT2D eigenvalue weighted by molar-refractivity contribution is 5.88. The Kier molecular flexibility index (Phi) is 4.79. The topological polar surface area (TPSA) is 63.6 Å². The van der Waals surface area contributed by atoms with Crippen LogP contribution in [0.2, 0.25) is 0 Å². The summed E-state index contributed by atoms with van der Waals surface area (Å²) in [5.41, 5.74) is 1.25. The van der Waals surface area contributed by atoms with Gasteiger partial charge in [-0.05, 0) is 101 Å². The number of carbonyl (C=O) groups excluding carboxylic acids is 1. The van der Waals surface area contributed by atoms with E-state index in [4.69, 9.17) is 4.74 Å². The van der Waals surface area contributed by atoms with Gasteiger partial charge in [-0.25, -0.2) is 4.79 Å². The number of aliphatic carboxylic acids is 1. The second-order valence-electron chi connectivity index (χ2n) is 10.8. The van der Waals surface area contributed by atoms with Crippen LogP contribution in [-0.4, -0.2) is 23.1 Å². The van der Waals surface area contributed by atoms with E-state index in [0.29, 0.717) is 29.2 Å². The van der Waals surface area contributed by atoms with Gasteiger partial charge in [-0.2, -0.15) is 0 Å². The smallest absolute Gasteiger partial charge is 0.333 e. The number of allylic oxidation sites excluding steroid dienone is 2. The zero-order chi connectivity index (χ0) is 21.2. The fraction of sp³-hybridized carbons (Fsp3) is 0.760. The van der Waals surface area contributed by atoms with Crippen LogP contribution in [0.5, 0.6) is 0 Å². The monoisotopic (exact) mass is 400 g/mol. The first-order chi connectivity index (χ1) is 13.6. The highest BCUT2D eigenvalue weighted by Crippen LogP contribution is 2.72. The molecule has 1 spiro atoms. The van der Waals surface area contributed by atoms with Crippen molar-refractivity contribution in [1.82, 2.24) is 0 Å². The minimum Gasteiger partial charge on any atom is -0.481 e. The molecule has 0 aromatic heterocycles. The SMILES string of the molecule is C=C1C[C@@]23CC[C@H]4[C@@](C)(CC[C@@H](OC(=O)C(C)=CC)[C@@]4(C)C(=O)O)[C@@H]2CC[C@@H]1C3. The molecule has 1 N–H and O–H groups in total. The molecule has 4 aliphatic rings. The first-order valence-electron chi connectivity index (χ1n) is 11.3. The Balaban J connectivity index is 1.68. The Bertz CT molecular complexity index is 782.